The Morgan fingerprint density at radius 1 is 1.36 bits per heavy atom. The molecule has 2 rings (SSSR count). The maximum absolute atomic E-state index is 12.6. The molecular weight excluding hydrogens is 303 g/mol. The molecule has 8 heteroatoms. The number of hydrogen-bond acceptors (Lipinski definition) is 3. The van der Waals surface area contributed by atoms with E-state index in [9.17, 15) is 22.8 Å². The van der Waals surface area contributed by atoms with Gasteiger partial charge in [0, 0.05) is 6.54 Å². The van der Waals surface area contributed by atoms with E-state index < -0.39 is 29.7 Å². The Labute approximate surface area is 124 Å². The van der Waals surface area contributed by atoms with Gasteiger partial charge in [-0.3, -0.25) is 4.79 Å². The molecule has 1 unspecified atom stereocenters. The maximum Gasteiger partial charge on any atom is 0.416 e. The standard InChI is InChI=1S/C14H14F3NO4/c15-14(16,17)10-3-1-2-9(6-10)7-12(19)18-4-5-22-11(8-18)13(20)21/h1-3,6,11H,4-5,7-8H2,(H,20,21). The normalized spacial score (nSPS) is 19.0. The number of alkyl halides is 3. The van der Waals surface area contributed by atoms with Crippen LogP contribution in [0.3, 0.4) is 0 Å². The number of hydrogen-bond donors (Lipinski definition) is 1. The smallest absolute Gasteiger partial charge is 0.416 e. The Morgan fingerprint density at radius 3 is 2.73 bits per heavy atom. The zero-order valence-corrected chi connectivity index (χ0v) is 11.5. The van der Waals surface area contributed by atoms with Gasteiger partial charge >= 0.3 is 12.1 Å². The number of rotatable bonds is 3. The molecule has 1 aliphatic heterocycles. The van der Waals surface area contributed by atoms with E-state index in [4.69, 9.17) is 9.84 Å². The first-order valence-corrected chi connectivity index (χ1v) is 6.55. The number of benzene rings is 1. The van der Waals surface area contributed by atoms with Crippen molar-refractivity contribution in [3.63, 3.8) is 0 Å². The van der Waals surface area contributed by atoms with Gasteiger partial charge in [0.05, 0.1) is 25.1 Å². The molecule has 1 heterocycles. The van der Waals surface area contributed by atoms with Crippen molar-refractivity contribution in [2.45, 2.75) is 18.7 Å². The molecule has 0 aromatic heterocycles. The van der Waals surface area contributed by atoms with Gasteiger partial charge in [-0.05, 0) is 11.6 Å². The van der Waals surface area contributed by atoms with E-state index in [2.05, 4.69) is 0 Å². The number of nitrogens with zero attached hydrogens (tertiary/aromatic N) is 1. The summed E-state index contributed by atoms with van der Waals surface area (Å²) in [4.78, 5) is 24.2. The van der Waals surface area contributed by atoms with E-state index >= 15 is 0 Å². The Hall–Kier alpha value is -2.09. The lowest BCUT2D eigenvalue weighted by Gasteiger charge is -2.31. The highest BCUT2D eigenvalue weighted by Gasteiger charge is 2.31. The maximum atomic E-state index is 12.6. The number of carbonyl (C=O) groups excluding carboxylic acids is 1. The number of aliphatic carboxylic acids is 1. The van der Waals surface area contributed by atoms with Crippen LogP contribution >= 0.6 is 0 Å². The van der Waals surface area contributed by atoms with Crippen molar-refractivity contribution >= 4 is 11.9 Å². The van der Waals surface area contributed by atoms with Gasteiger partial charge in [0.25, 0.3) is 0 Å². The highest BCUT2D eigenvalue weighted by molar-refractivity contribution is 5.80. The van der Waals surface area contributed by atoms with Gasteiger partial charge in [-0.2, -0.15) is 13.2 Å². The molecule has 5 nitrogen and oxygen atoms in total. The Kier molecular flexibility index (Phi) is 4.70. The predicted octanol–water partition coefficient (Wildman–Crippen LogP) is 1.56. The minimum Gasteiger partial charge on any atom is -0.479 e. The number of carboxylic acids is 1. The van der Waals surface area contributed by atoms with E-state index in [0.29, 0.717) is 0 Å². The zero-order chi connectivity index (χ0) is 16.3. The lowest BCUT2D eigenvalue weighted by Crippen LogP contribution is -2.49. The Balaban J connectivity index is 2.04. The van der Waals surface area contributed by atoms with Gasteiger partial charge in [-0.25, -0.2) is 4.79 Å². The number of carbonyl (C=O) groups is 2. The summed E-state index contributed by atoms with van der Waals surface area (Å²) in [5, 5.41) is 8.87. The third kappa shape index (κ3) is 3.97. The Morgan fingerprint density at radius 2 is 2.09 bits per heavy atom. The fourth-order valence-corrected chi connectivity index (χ4v) is 2.17. The molecule has 120 valence electrons. The zero-order valence-electron chi connectivity index (χ0n) is 11.5. The highest BCUT2D eigenvalue weighted by Crippen LogP contribution is 2.29. The summed E-state index contributed by atoms with van der Waals surface area (Å²) in [6, 6.07) is 4.53. The van der Waals surface area contributed by atoms with Gasteiger partial charge in [-0.15, -0.1) is 0 Å². The van der Waals surface area contributed by atoms with Crippen molar-refractivity contribution in [1.82, 2.24) is 4.90 Å². The number of halogens is 3. The van der Waals surface area contributed by atoms with Crippen LogP contribution in [0.1, 0.15) is 11.1 Å². The van der Waals surface area contributed by atoms with E-state index in [1.165, 1.54) is 17.0 Å². The molecule has 1 aliphatic rings. The predicted molar refractivity (Wildman–Crippen MR) is 69.1 cm³/mol. The second kappa shape index (κ2) is 6.35. The fraction of sp³-hybridized carbons (Fsp3) is 0.429. The summed E-state index contributed by atoms with van der Waals surface area (Å²) < 4.78 is 42.9. The van der Waals surface area contributed by atoms with Gasteiger partial charge in [0.2, 0.25) is 5.91 Å². The van der Waals surface area contributed by atoms with Crippen LogP contribution in [0.15, 0.2) is 24.3 Å². The first kappa shape index (κ1) is 16.3. The summed E-state index contributed by atoms with van der Waals surface area (Å²) in [6.45, 7) is 0.208. The quantitative estimate of drug-likeness (QED) is 0.919. The summed E-state index contributed by atoms with van der Waals surface area (Å²) in [5.74, 6) is -1.59. The van der Waals surface area contributed by atoms with Crippen molar-refractivity contribution in [2.75, 3.05) is 19.7 Å². The average molecular weight is 317 g/mol. The van der Waals surface area contributed by atoms with Crippen molar-refractivity contribution in [3.05, 3.63) is 35.4 Å². The molecule has 1 aromatic carbocycles. The molecular formula is C14H14F3NO4. The van der Waals surface area contributed by atoms with Gasteiger partial charge in [0.15, 0.2) is 6.10 Å². The third-order valence-corrected chi connectivity index (χ3v) is 3.30. The minimum absolute atomic E-state index is 0.0886. The molecule has 1 amide bonds. The van der Waals surface area contributed by atoms with Crippen molar-refractivity contribution in [1.29, 1.82) is 0 Å². The van der Waals surface area contributed by atoms with Crippen molar-refractivity contribution < 1.29 is 32.6 Å². The molecule has 0 saturated carbocycles. The molecule has 0 spiro atoms. The third-order valence-electron chi connectivity index (χ3n) is 3.30. The van der Waals surface area contributed by atoms with Gasteiger partial charge < -0.3 is 14.7 Å². The summed E-state index contributed by atoms with van der Waals surface area (Å²) >= 11 is 0. The van der Waals surface area contributed by atoms with E-state index in [-0.39, 0.29) is 31.7 Å². The highest BCUT2D eigenvalue weighted by atomic mass is 19.4. The number of ether oxygens (including phenoxy) is 1. The van der Waals surface area contributed by atoms with E-state index in [1.54, 1.807) is 0 Å². The second-order valence-corrected chi connectivity index (χ2v) is 4.91. The summed E-state index contributed by atoms with van der Waals surface area (Å²) in [5.41, 5.74) is -0.582. The largest absolute Gasteiger partial charge is 0.479 e. The van der Waals surface area contributed by atoms with Crippen LogP contribution in [0.5, 0.6) is 0 Å². The van der Waals surface area contributed by atoms with Crippen LogP contribution in [0.4, 0.5) is 13.2 Å². The van der Waals surface area contributed by atoms with Gasteiger partial charge in [-0.1, -0.05) is 18.2 Å². The molecule has 1 aromatic rings. The second-order valence-electron chi connectivity index (χ2n) is 4.91. The average Bonchev–Trinajstić information content (AvgIpc) is 2.46. The summed E-state index contributed by atoms with van der Waals surface area (Å²) in [6.07, 6.45) is -5.78. The Bertz CT molecular complexity index is 573. The first-order valence-electron chi connectivity index (χ1n) is 6.55. The van der Waals surface area contributed by atoms with Crippen LogP contribution in [0, 0.1) is 0 Å². The van der Waals surface area contributed by atoms with E-state index in [0.717, 1.165) is 12.1 Å². The van der Waals surface area contributed by atoms with Gasteiger partial charge in [0.1, 0.15) is 0 Å². The van der Waals surface area contributed by atoms with Crippen LogP contribution in [0.2, 0.25) is 0 Å². The van der Waals surface area contributed by atoms with Crippen LogP contribution in [-0.4, -0.2) is 47.7 Å². The molecule has 0 radical (unpaired) electrons. The molecule has 0 aliphatic carbocycles. The number of carboxylic acid groups (broad SMARTS) is 1. The lowest BCUT2D eigenvalue weighted by molar-refractivity contribution is -0.159. The molecule has 1 fully saturated rings. The van der Waals surface area contributed by atoms with Crippen molar-refractivity contribution in [3.8, 4) is 0 Å². The fourth-order valence-electron chi connectivity index (χ4n) is 2.17. The van der Waals surface area contributed by atoms with Crippen molar-refractivity contribution in [2.24, 2.45) is 0 Å². The molecule has 1 N–H and O–H groups in total. The molecule has 22 heavy (non-hydrogen) atoms. The van der Waals surface area contributed by atoms with Crippen LogP contribution < -0.4 is 0 Å². The number of amides is 1. The summed E-state index contributed by atoms with van der Waals surface area (Å²) in [7, 11) is 0. The molecule has 1 atom stereocenters. The van der Waals surface area contributed by atoms with Crippen LogP contribution in [0.25, 0.3) is 0 Å². The number of morpholine rings is 1. The lowest BCUT2D eigenvalue weighted by atomic mass is 10.1. The molecule has 0 bridgehead atoms. The SMILES string of the molecule is O=C(O)C1CN(C(=O)Cc2cccc(C(F)(F)F)c2)CCO1. The molecule has 1 saturated heterocycles. The first-order chi connectivity index (χ1) is 10.3. The topological polar surface area (TPSA) is 66.8 Å². The minimum atomic E-state index is -4.47. The van der Waals surface area contributed by atoms with E-state index in [1.807, 2.05) is 0 Å². The monoisotopic (exact) mass is 317 g/mol. The van der Waals surface area contributed by atoms with Crippen LogP contribution in [-0.2, 0) is 26.9 Å².